The number of thiazole rings is 1. The number of nitrogens with zero attached hydrogens (tertiary/aromatic N) is 2. The van der Waals surface area contributed by atoms with E-state index in [1.807, 2.05) is 5.38 Å². The SMILES string of the molecule is CC(=O)Nc1nc(-c2ccc3c(c2OC2CCC2)CCC(C)N3C)cs1. The quantitative estimate of drug-likeness (QED) is 0.861. The monoisotopic (exact) mass is 371 g/mol. The van der Waals surface area contributed by atoms with Crippen molar-refractivity contribution in [1.82, 2.24) is 4.98 Å². The van der Waals surface area contributed by atoms with Crippen LogP contribution in [0, 0.1) is 0 Å². The van der Waals surface area contributed by atoms with E-state index in [9.17, 15) is 4.79 Å². The molecule has 1 aliphatic heterocycles. The standard InChI is InChI=1S/C20H25N3O2S/c1-12-7-8-16-18(23(12)3)10-9-15(19(16)25-14-5-4-6-14)17-11-26-20(22-17)21-13(2)24/h9-12,14H,4-8H2,1-3H3,(H,21,22,24). The van der Waals surface area contributed by atoms with E-state index in [0.717, 1.165) is 42.7 Å². The smallest absolute Gasteiger partial charge is 0.223 e. The number of rotatable bonds is 4. The third-order valence-corrected chi connectivity index (χ3v) is 6.25. The number of fused-ring (bicyclic) bond motifs is 1. The van der Waals surface area contributed by atoms with Crippen LogP contribution in [0.25, 0.3) is 11.3 Å². The number of carbonyl (C=O) groups is 1. The fraction of sp³-hybridized carbons (Fsp3) is 0.500. The Morgan fingerprint density at radius 3 is 2.85 bits per heavy atom. The number of amides is 1. The van der Waals surface area contributed by atoms with E-state index in [0.29, 0.717) is 17.3 Å². The summed E-state index contributed by atoms with van der Waals surface area (Å²) in [4.78, 5) is 18.3. The van der Waals surface area contributed by atoms with Gasteiger partial charge in [0.1, 0.15) is 5.75 Å². The lowest BCUT2D eigenvalue weighted by Gasteiger charge is -2.36. The highest BCUT2D eigenvalue weighted by atomic mass is 32.1. The first-order chi connectivity index (χ1) is 12.5. The Bertz CT molecular complexity index is 828. The molecule has 1 aliphatic carbocycles. The van der Waals surface area contributed by atoms with E-state index in [2.05, 4.69) is 41.3 Å². The number of carbonyl (C=O) groups excluding carboxylic acids is 1. The van der Waals surface area contributed by atoms with Crippen LogP contribution in [0.5, 0.6) is 5.75 Å². The molecule has 0 spiro atoms. The highest BCUT2D eigenvalue weighted by Crippen LogP contribution is 2.44. The molecule has 6 heteroatoms. The molecule has 0 radical (unpaired) electrons. The molecular formula is C20H25N3O2S. The molecule has 1 aromatic carbocycles. The second-order valence-electron chi connectivity index (χ2n) is 7.33. The van der Waals surface area contributed by atoms with Crippen molar-refractivity contribution < 1.29 is 9.53 Å². The molecule has 0 saturated heterocycles. The van der Waals surface area contributed by atoms with Crippen LogP contribution in [0.4, 0.5) is 10.8 Å². The molecule has 1 aromatic heterocycles. The number of nitrogens with one attached hydrogen (secondary N) is 1. The molecule has 2 heterocycles. The maximum Gasteiger partial charge on any atom is 0.223 e. The third-order valence-electron chi connectivity index (χ3n) is 5.49. The fourth-order valence-corrected chi connectivity index (χ4v) is 4.33. The maximum absolute atomic E-state index is 11.3. The van der Waals surface area contributed by atoms with Crippen LogP contribution in [0.1, 0.15) is 45.1 Å². The van der Waals surface area contributed by atoms with Gasteiger partial charge >= 0.3 is 0 Å². The van der Waals surface area contributed by atoms with Gasteiger partial charge in [-0.15, -0.1) is 11.3 Å². The molecule has 26 heavy (non-hydrogen) atoms. The second-order valence-corrected chi connectivity index (χ2v) is 8.19. The topological polar surface area (TPSA) is 54.5 Å². The Morgan fingerprint density at radius 2 is 2.15 bits per heavy atom. The number of hydrogen-bond donors (Lipinski definition) is 1. The average Bonchev–Trinajstić information content (AvgIpc) is 3.01. The zero-order chi connectivity index (χ0) is 18.3. The van der Waals surface area contributed by atoms with Crippen LogP contribution in [-0.4, -0.2) is 30.1 Å². The van der Waals surface area contributed by atoms with Crippen LogP contribution in [0.2, 0.25) is 0 Å². The van der Waals surface area contributed by atoms with Crippen LogP contribution in [0.3, 0.4) is 0 Å². The zero-order valence-electron chi connectivity index (χ0n) is 15.5. The minimum atomic E-state index is -0.0992. The molecule has 1 fully saturated rings. The van der Waals surface area contributed by atoms with E-state index in [-0.39, 0.29) is 5.91 Å². The van der Waals surface area contributed by atoms with Crippen molar-refractivity contribution in [2.45, 2.75) is 58.1 Å². The van der Waals surface area contributed by atoms with Gasteiger partial charge in [0, 0.05) is 42.2 Å². The lowest BCUT2D eigenvalue weighted by Crippen LogP contribution is -2.34. The Kier molecular flexibility index (Phi) is 4.61. The molecule has 1 atom stereocenters. The lowest BCUT2D eigenvalue weighted by molar-refractivity contribution is -0.114. The molecule has 1 saturated carbocycles. The molecule has 5 nitrogen and oxygen atoms in total. The van der Waals surface area contributed by atoms with Gasteiger partial charge in [0.15, 0.2) is 5.13 Å². The van der Waals surface area contributed by atoms with Crippen molar-refractivity contribution in [3.8, 4) is 17.0 Å². The Balaban J connectivity index is 1.76. The molecule has 2 aliphatic rings. The summed E-state index contributed by atoms with van der Waals surface area (Å²) in [5, 5.41) is 5.40. The maximum atomic E-state index is 11.3. The first-order valence-corrected chi connectivity index (χ1v) is 10.2. The van der Waals surface area contributed by atoms with Gasteiger partial charge < -0.3 is 15.0 Å². The summed E-state index contributed by atoms with van der Waals surface area (Å²) in [5.41, 5.74) is 4.46. The van der Waals surface area contributed by atoms with Gasteiger partial charge in [-0.1, -0.05) is 0 Å². The Labute approximate surface area is 158 Å². The molecule has 4 rings (SSSR count). The van der Waals surface area contributed by atoms with E-state index in [1.165, 1.54) is 35.9 Å². The first-order valence-electron chi connectivity index (χ1n) is 9.32. The van der Waals surface area contributed by atoms with Crippen molar-refractivity contribution in [2.24, 2.45) is 0 Å². The van der Waals surface area contributed by atoms with Crippen LogP contribution < -0.4 is 15.0 Å². The van der Waals surface area contributed by atoms with Gasteiger partial charge in [-0.2, -0.15) is 0 Å². The first kappa shape index (κ1) is 17.3. The predicted octanol–water partition coefficient (Wildman–Crippen LogP) is 4.47. The van der Waals surface area contributed by atoms with E-state index >= 15 is 0 Å². The summed E-state index contributed by atoms with van der Waals surface area (Å²) in [6.07, 6.45) is 5.97. The van der Waals surface area contributed by atoms with E-state index < -0.39 is 0 Å². The molecular weight excluding hydrogens is 346 g/mol. The third kappa shape index (κ3) is 3.18. The van der Waals surface area contributed by atoms with Crippen molar-refractivity contribution in [1.29, 1.82) is 0 Å². The van der Waals surface area contributed by atoms with Gasteiger partial charge in [0.25, 0.3) is 0 Å². The zero-order valence-corrected chi connectivity index (χ0v) is 16.4. The van der Waals surface area contributed by atoms with Crippen molar-refractivity contribution in [2.75, 3.05) is 17.3 Å². The normalized spacial score (nSPS) is 19.7. The van der Waals surface area contributed by atoms with E-state index in [1.54, 1.807) is 0 Å². The summed E-state index contributed by atoms with van der Waals surface area (Å²) in [6, 6.07) is 4.84. The fourth-order valence-electron chi connectivity index (χ4n) is 3.57. The van der Waals surface area contributed by atoms with Crippen molar-refractivity contribution in [3.63, 3.8) is 0 Å². The molecule has 138 valence electrons. The number of ether oxygens (including phenoxy) is 1. The number of anilines is 2. The molecule has 2 aromatic rings. The summed E-state index contributed by atoms with van der Waals surface area (Å²) in [7, 11) is 2.16. The summed E-state index contributed by atoms with van der Waals surface area (Å²) in [5.74, 6) is 0.892. The van der Waals surface area contributed by atoms with Crippen molar-refractivity contribution >= 4 is 28.1 Å². The highest BCUT2D eigenvalue weighted by molar-refractivity contribution is 7.14. The van der Waals surface area contributed by atoms with Gasteiger partial charge in [-0.25, -0.2) is 4.98 Å². The lowest BCUT2D eigenvalue weighted by atomic mass is 9.92. The molecule has 1 N–H and O–H groups in total. The van der Waals surface area contributed by atoms with Gasteiger partial charge in [0.2, 0.25) is 5.91 Å². The molecule has 1 amide bonds. The van der Waals surface area contributed by atoms with Gasteiger partial charge in [-0.05, 0) is 51.2 Å². The van der Waals surface area contributed by atoms with Crippen LogP contribution >= 0.6 is 11.3 Å². The number of aromatic nitrogens is 1. The highest BCUT2D eigenvalue weighted by Gasteiger charge is 2.29. The molecule has 0 bridgehead atoms. The van der Waals surface area contributed by atoms with Gasteiger partial charge in [-0.3, -0.25) is 4.79 Å². The van der Waals surface area contributed by atoms with Crippen molar-refractivity contribution in [3.05, 3.63) is 23.1 Å². The average molecular weight is 372 g/mol. The van der Waals surface area contributed by atoms with Gasteiger partial charge in [0.05, 0.1) is 11.8 Å². The van der Waals surface area contributed by atoms with Crippen LogP contribution in [0.15, 0.2) is 17.5 Å². The summed E-state index contributed by atoms with van der Waals surface area (Å²) in [6.45, 7) is 3.77. The summed E-state index contributed by atoms with van der Waals surface area (Å²) >= 11 is 1.45. The second kappa shape index (κ2) is 6.91. The Hall–Kier alpha value is -2.08. The van der Waals surface area contributed by atoms with E-state index in [4.69, 9.17) is 4.74 Å². The Morgan fingerprint density at radius 1 is 1.35 bits per heavy atom. The predicted molar refractivity (Wildman–Crippen MR) is 106 cm³/mol. The number of benzene rings is 1. The summed E-state index contributed by atoms with van der Waals surface area (Å²) < 4.78 is 6.46. The largest absolute Gasteiger partial charge is 0.489 e. The molecule has 1 unspecified atom stereocenters. The minimum Gasteiger partial charge on any atom is -0.489 e. The van der Waals surface area contributed by atoms with Crippen LogP contribution in [-0.2, 0) is 11.2 Å². The number of hydrogen-bond acceptors (Lipinski definition) is 5. The minimum absolute atomic E-state index is 0.0992.